The highest BCUT2D eigenvalue weighted by Gasteiger charge is 2.36. The van der Waals surface area contributed by atoms with Gasteiger partial charge in [-0.1, -0.05) is 6.92 Å². The molecule has 0 aliphatic carbocycles. The van der Waals surface area contributed by atoms with E-state index in [0.717, 1.165) is 18.0 Å². The van der Waals surface area contributed by atoms with E-state index in [1.54, 1.807) is 4.90 Å². The van der Waals surface area contributed by atoms with Crippen molar-refractivity contribution in [3.63, 3.8) is 0 Å². The van der Waals surface area contributed by atoms with Crippen molar-refractivity contribution in [2.75, 3.05) is 32.7 Å². The molecule has 0 spiro atoms. The first kappa shape index (κ1) is 13.8. The number of rotatable bonds is 4. The third-order valence-electron chi connectivity index (χ3n) is 3.53. The van der Waals surface area contributed by atoms with Crippen molar-refractivity contribution < 1.29 is 14.4 Å². The summed E-state index contributed by atoms with van der Waals surface area (Å²) in [6.07, 6.45) is 0.780. The van der Waals surface area contributed by atoms with Crippen molar-refractivity contribution in [1.29, 1.82) is 0 Å². The number of amides is 4. The van der Waals surface area contributed by atoms with Crippen molar-refractivity contribution in [1.82, 2.24) is 20.4 Å². The van der Waals surface area contributed by atoms with Gasteiger partial charge in [0.25, 0.3) is 5.91 Å². The predicted molar refractivity (Wildman–Crippen MR) is 68.4 cm³/mol. The van der Waals surface area contributed by atoms with E-state index in [9.17, 15) is 14.4 Å². The quantitative estimate of drug-likeness (QED) is 0.650. The molecule has 2 fully saturated rings. The highest BCUT2D eigenvalue weighted by atomic mass is 16.2. The molecule has 2 aliphatic heterocycles. The Morgan fingerprint density at radius 2 is 2.00 bits per heavy atom. The van der Waals surface area contributed by atoms with Crippen molar-refractivity contribution >= 4 is 17.8 Å². The lowest BCUT2D eigenvalue weighted by Crippen LogP contribution is -2.47. The van der Waals surface area contributed by atoms with Gasteiger partial charge in [0.05, 0.1) is 0 Å². The Labute approximate surface area is 112 Å². The molecule has 0 saturated carbocycles. The Kier molecular flexibility index (Phi) is 4.36. The number of piperazine rings is 1. The van der Waals surface area contributed by atoms with E-state index in [4.69, 9.17) is 0 Å². The molecule has 2 heterocycles. The lowest BCUT2D eigenvalue weighted by Gasteiger charge is -2.27. The first-order chi connectivity index (χ1) is 9.13. The smallest absolute Gasteiger partial charge is 0.324 e. The molecular weight excluding hydrogens is 248 g/mol. The van der Waals surface area contributed by atoms with Crippen molar-refractivity contribution in [3.05, 3.63) is 0 Å². The fourth-order valence-corrected chi connectivity index (χ4v) is 2.35. The highest BCUT2D eigenvalue weighted by molar-refractivity contribution is 6.04. The second-order valence-corrected chi connectivity index (χ2v) is 4.78. The molecule has 7 nitrogen and oxygen atoms in total. The van der Waals surface area contributed by atoms with E-state index in [2.05, 4.69) is 10.6 Å². The molecule has 0 bridgehead atoms. The standard InChI is InChI=1S/C12H20N4O3/c1-2-9-11(18)16(12(19)14-9)6-3-10(17)15-7-4-13-5-8-15/h9,13H,2-8H2,1H3,(H,14,19). The van der Waals surface area contributed by atoms with E-state index in [1.165, 1.54) is 0 Å². The number of hydrogen-bond acceptors (Lipinski definition) is 4. The van der Waals surface area contributed by atoms with Crippen LogP contribution in [0.2, 0.25) is 0 Å². The molecule has 0 aromatic rings. The second-order valence-electron chi connectivity index (χ2n) is 4.78. The molecule has 1 atom stereocenters. The number of urea groups is 1. The molecule has 0 radical (unpaired) electrons. The van der Waals surface area contributed by atoms with Crippen molar-refractivity contribution in [2.24, 2.45) is 0 Å². The van der Waals surface area contributed by atoms with Crippen LogP contribution >= 0.6 is 0 Å². The van der Waals surface area contributed by atoms with Gasteiger partial charge < -0.3 is 15.5 Å². The zero-order chi connectivity index (χ0) is 13.8. The van der Waals surface area contributed by atoms with Crippen LogP contribution in [0.15, 0.2) is 0 Å². The van der Waals surface area contributed by atoms with E-state index >= 15 is 0 Å². The summed E-state index contributed by atoms with van der Waals surface area (Å²) in [4.78, 5) is 38.3. The maximum Gasteiger partial charge on any atom is 0.324 e. The van der Waals surface area contributed by atoms with Crippen LogP contribution < -0.4 is 10.6 Å². The van der Waals surface area contributed by atoms with Gasteiger partial charge in [0, 0.05) is 39.1 Å². The number of hydrogen-bond donors (Lipinski definition) is 2. The molecule has 7 heteroatoms. The summed E-state index contributed by atoms with van der Waals surface area (Å²) < 4.78 is 0. The predicted octanol–water partition coefficient (Wildman–Crippen LogP) is -0.861. The summed E-state index contributed by atoms with van der Waals surface area (Å²) in [5, 5.41) is 5.78. The van der Waals surface area contributed by atoms with Crippen LogP contribution in [0.5, 0.6) is 0 Å². The van der Waals surface area contributed by atoms with Crippen LogP contribution in [0, 0.1) is 0 Å². The van der Waals surface area contributed by atoms with Gasteiger partial charge in [-0.2, -0.15) is 0 Å². The van der Waals surface area contributed by atoms with Gasteiger partial charge in [0.15, 0.2) is 0 Å². The number of nitrogens with zero attached hydrogens (tertiary/aromatic N) is 2. The number of carbonyl (C=O) groups is 3. The summed E-state index contributed by atoms with van der Waals surface area (Å²) >= 11 is 0. The van der Waals surface area contributed by atoms with Crippen LogP contribution in [0.4, 0.5) is 4.79 Å². The fourth-order valence-electron chi connectivity index (χ4n) is 2.35. The van der Waals surface area contributed by atoms with Gasteiger partial charge in [-0.3, -0.25) is 14.5 Å². The van der Waals surface area contributed by atoms with Crippen LogP contribution in [-0.4, -0.2) is 66.4 Å². The number of carbonyl (C=O) groups excluding carboxylic acids is 3. The molecule has 1 unspecified atom stereocenters. The fraction of sp³-hybridized carbons (Fsp3) is 0.750. The third-order valence-corrected chi connectivity index (χ3v) is 3.53. The maximum absolute atomic E-state index is 11.9. The average molecular weight is 268 g/mol. The van der Waals surface area contributed by atoms with Crippen LogP contribution in [0.25, 0.3) is 0 Å². The first-order valence-electron chi connectivity index (χ1n) is 6.74. The molecule has 2 saturated heterocycles. The molecule has 19 heavy (non-hydrogen) atoms. The minimum absolute atomic E-state index is 0.00190. The first-order valence-corrected chi connectivity index (χ1v) is 6.74. The molecule has 2 N–H and O–H groups in total. The van der Waals surface area contributed by atoms with Crippen LogP contribution in [-0.2, 0) is 9.59 Å². The normalized spacial score (nSPS) is 23.7. The average Bonchev–Trinajstić information content (AvgIpc) is 2.72. The van der Waals surface area contributed by atoms with E-state index in [-0.39, 0.29) is 30.8 Å². The Bertz CT molecular complexity index is 379. The Hall–Kier alpha value is -1.63. The largest absolute Gasteiger partial charge is 0.340 e. The monoisotopic (exact) mass is 268 g/mol. The Balaban J connectivity index is 1.83. The number of nitrogens with one attached hydrogen (secondary N) is 2. The molecular formula is C12H20N4O3. The molecule has 4 amide bonds. The van der Waals surface area contributed by atoms with E-state index in [1.807, 2.05) is 6.92 Å². The van der Waals surface area contributed by atoms with Crippen molar-refractivity contribution in [2.45, 2.75) is 25.8 Å². The molecule has 2 rings (SSSR count). The molecule has 2 aliphatic rings. The highest BCUT2D eigenvalue weighted by Crippen LogP contribution is 2.10. The molecule has 0 aromatic heterocycles. The zero-order valence-corrected chi connectivity index (χ0v) is 11.1. The van der Waals surface area contributed by atoms with Gasteiger partial charge in [-0.15, -0.1) is 0 Å². The van der Waals surface area contributed by atoms with Gasteiger partial charge in [0.1, 0.15) is 6.04 Å². The summed E-state index contributed by atoms with van der Waals surface area (Å²) in [7, 11) is 0. The summed E-state index contributed by atoms with van der Waals surface area (Å²) in [5.74, 6) is -0.220. The van der Waals surface area contributed by atoms with Gasteiger partial charge in [-0.05, 0) is 6.42 Å². The number of imide groups is 1. The third kappa shape index (κ3) is 3.04. The minimum Gasteiger partial charge on any atom is -0.340 e. The minimum atomic E-state index is -0.429. The SMILES string of the molecule is CCC1NC(=O)N(CCC(=O)N2CCNCC2)C1=O. The Morgan fingerprint density at radius 1 is 1.32 bits per heavy atom. The van der Waals surface area contributed by atoms with E-state index < -0.39 is 6.04 Å². The Morgan fingerprint density at radius 3 is 2.58 bits per heavy atom. The summed E-state index contributed by atoms with van der Waals surface area (Å²) in [5.41, 5.74) is 0. The molecule has 0 aromatic carbocycles. The van der Waals surface area contributed by atoms with Crippen LogP contribution in [0.3, 0.4) is 0 Å². The summed E-state index contributed by atoms with van der Waals surface area (Å²) in [6.45, 7) is 4.99. The summed E-state index contributed by atoms with van der Waals surface area (Å²) in [6, 6.07) is -0.813. The van der Waals surface area contributed by atoms with Gasteiger partial charge >= 0.3 is 6.03 Å². The zero-order valence-electron chi connectivity index (χ0n) is 11.1. The van der Waals surface area contributed by atoms with Gasteiger partial charge in [0.2, 0.25) is 5.91 Å². The van der Waals surface area contributed by atoms with Crippen LogP contribution in [0.1, 0.15) is 19.8 Å². The topological polar surface area (TPSA) is 81.8 Å². The lowest BCUT2D eigenvalue weighted by atomic mass is 10.2. The van der Waals surface area contributed by atoms with E-state index in [0.29, 0.717) is 19.5 Å². The van der Waals surface area contributed by atoms with Crippen molar-refractivity contribution in [3.8, 4) is 0 Å². The maximum atomic E-state index is 11.9. The van der Waals surface area contributed by atoms with Gasteiger partial charge in [-0.25, -0.2) is 4.79 Å². The second kappa shape index (κ2) is 6.01. The molecule has 106 valence electrons. The lowest BCUT2D eigenvalue weighted by molar-refractivity contribution is -0.132.